The zero-order valence-electron chi connectivity index (χ0n) is 15.9. The Hall–Kier alpha value is -2.93. The van der Waals surface area contributed by atoms with Gasteiger partial charge in [0.05, 0.1) is 17.0 Å². The van der Waals surface area contributed by atoms with Crippen LogP contribution in [0.1, 0.15) is 24.1 Å². The van der Waals surface area contributed by atoms with Gasteiger partial charge in [0, 0.05) is 19.4 Å². The number of rotatable bonds is 4. The second-order valence-corrected chi connectivity index (χ2v) is 8.89. The molecule has 1 aliphatic heterocycles. The lowest BCUT2D eigenvalue weighted by molar-refractivity contribution is -0.124. The van der Waals surface area contributed by atoms with Crippen molar-refractivity contribution in [3.63, 3.8) is 0 Å². The predicted octanol–water partition coefficient (Wildman–Crippen LogP) is 3.13. The molecule has 1 saturated heterocycles. The van der Waals surface area contributed by atoms with Crippen LogP contribution in [0.2, 0.25) is 0 Å². The van der Waals surface area contributed by atoms with Crippen LogP contribution in [0.15, 0.2) is 65.6 Å². The Bertz CT molecular complexity index is 1010. The molecule has 0 aromatic heterocycles. The minimum absolute atomic E-state index is 0.152. The van der Waals surface area contributed by atoms with Gasteiger partial charge in [0.25, 0.3) is 5.91 Å². The molecule has 0 aliphatic carbocycles. The maximum atomic E-state index is 12.8. The van der Waals surface area contributed by atoms with E-state index in [1.165, 1.54) is 23.1 Å². The number of sulfone groups is 1. The summed E-state index contributed by atoms with van der Waals surface area (Å²) in [6.07, 6.45) is 4.06. The van der Waals surface area contributed by atoms with Crippen molar-refractivity contribution in [2.45, 2.75) is 23.9 Å². The first kappa shape index (κ1) is 19.8. The van der Waals surface area contributed by atoms with Crippen molar-refractivity contribution >= 4 is 27.9 Å². The summed E-state index contributed by atoms with van der Waals surface area (Å²) in [5.74, 6) is -0.415. The molecule has 0 N–H and O–H groups in total. The number of likely N-dealkylation sites (N-methyl/N-ethyl adjacent to an activating group) is 1. The highest BCUT2D eigenvalue weighted by atomic mass is 32.2. The van der Waals surface area contributed by atoms with Crippen molar-refractivity contribution in [3.8, 4) is 0 Å². The van der Waals surface area contributed by atoms with E-state index in [1.54, 1.807) is 30.2 Å². The molecule has 0 spiro atoms. The quantitative estimate of drug-likeness (QED) is 0.742. The van der Waals surface area contributed by atoms with Crippen molar-refractivity contribution in [2.75, 3.05) is 13.3 Å². The van der Waals surface area contributed by atoms with Crippen LogP contribution in [-0.2, 0) is 14.6 Å². The van der Waals surface area contributed by atoms with Gasteiger partial charge in [0.2, 0.25) is 0 Å². The number of nitrogens with zero attached hydrogens (tertiary/aromatic N) is 2. The van der Waals surface area contributed by atoms with Crippen molar-refractivity contribution in [1.29, 1.82) is 0 Å². The first-order chi connectivity index (χ1) is 13.2. The Morgan fingerprint density at radius 3 is 2.21 bits per heavy atom. The second kappa shape index (κ2) is 7.59. The summed E-state index contributed by atoms with van der Waals surface area (Å²) in [7, 11) is -1.59. The van der Waals surface area contributed by atoms with E-state index in [2.05, 4.69) is 0 Å². The van der Waals surface area contributed by atoms with Crippen LogP contribution in [0.25, 0.3) is 6.08 Å². The molecule has 2 aromatic carbocycles. The maximum absolute atomic E-state index is 12.8. The monoisotopic (exact) mass is 398 g/mol. The van der Waals surface area contributed by atoms with Crippen LogP contribution in [-0.4, -0.2) is 49.5 Å². The van der Waals surface area contributed by atoms with Crippen LogP contribution in [0.3, 0.4) is 0 Å². The standard InChI is InChI=1S/C21H22N2O4S/c1-15-20(17-7-5-4-6-8-17)23(21(25)22(15)2)19(24)14-11-16-9-12-18(13-10-16)28(3,26)27/h4-15,20H,1-3H3/b14-11+. The smallest absolute Gasteiger partial charge is 0.322 e. The van der Waals surface area contributed by atoms with E-state index in [0.717, 1.165) is 11.8 Å². The van der Waals surface area contributed by atoms with Gasteiger partial charge in [0.1, 0.15) is 0 Å². The number of imide groups is 1. The van der Waals surface area contributed by atoms with E-state index in [4.69, 9.17) is 0 Å². The van der Waals surface area contributed by atoms with Crippen LogP contribution < -0.4 is 0 Å². The molecule has 146 valence electrons. The number of carbonyl (C=O) groups excluding carboxylic acids is 2. The molecule has 1 fully saturated rings. The molecule has 1 aliphatic rings. The summed E-state index contributed by atoms with van der Waals surface area (Å²) in [6, 6.07) is 14.8. The molecule has 0 bridgehead atoms. The fourth-order valence-electron chi connectivity index (χ4n) is 3.27. The van der Waals surface area contributed by atoms with Gasteiger partial charge in [-0.3, -0.25) is 9.69 Å². The molecule has 0 saturated carbocycles. The molecule has 3 amide bonds. The van der Waals surface area contributed by atoms with Crippen LogP contribution >= 0.6 is 0 Å². The predicted molar refractivity (Wildman–Crippen MR) is 107 cm³/mol. The molecular weight excluding hydrogens is 376 g/mol. The topological polar surface area (TPSA) is 74.8 Å². The Morgan fingerprint density at radius 1 is 1.04 bits per heavy atom. The number of urea groups is 1. The van der Waals surface area contributed by atoms with Gasteiger partial charge in [-0.1, -0.05) is 42.5 Å². The van der Waals surface area contributed by atoms with E-state index in [-0.39, 0.29) is 23.0 Å². The van der Waals surface area contributed by atoms with Gasteiger partial charge in [-0.25, -0.2) is 13.2 Å². The lowest BCUT2D eigenvalue weighted by Crippen LogP contribution is -2.35. The number of carbonyl (C=O) groups is 2. The van der Waals surface area contributed by atoms with E-state index < -0.39 is 15.7 Å². The molecule has 0 radical (unpaired) electrons. The van der Waals surface area contributed by atoms with Crippen molar-refractivity contribution < 1.29 is 18.0 Å². The molecule has 3 rings (SSSR count). The van der Waals surface area contributed by atoms with Gasteiger partial charge in [-0.2, -0.15) is 0 Å². The molecule has 2 aromatic rings. The highest BCUT2D eigenvalue weighted by Gasteiger charge is 2.44. The van der Waals surface area contributed by atoms with E-state index in [9.17, 15) is 18.0 Å². The van der Waals surface area contributed by atoms with Gasteiger partial charge in [-0.15, -0.1) is 0 Å². The number of benzene rings is 2. The van der Waals surface area contributed by atoms with E-state index in [0.29, 0.717) is 5.56 Å². The highest BCUT2D eigenvalue weighted by Crippen LogP contribution is 2.34. The van der Waals surface area contributed by atoms with Crippen molar-refractivity contribution in [2.24, 2.45) is 0 Å². The Labute approximate surface area is 165 Å². The summed E-state index contributed by atoms with van der Waals surface area (Å²) < 4.78 is 23.1. The third-order valence-electron chi connectivity index (χ3n) is 4.96. The molecule has 7 heteroatoms. The lowest BCUT2D eigenvalue weighted by atomic mass is 10.0. The van der Waals surface area contributed by atoms with Gasteiger partial charge >= 0.3 is 6.03 Å². The first-order valence-corrected chi connectivity index (χ1v) is 10.7. The minimum Gasteiger partial charge on any atom is -0.322 e. The molecule has 6 nitrogen and oxygen atoms in total. The second-order valence-electron chi connectivity index (χ2n) is 6.87. The largest absolute Gasteiger partial charge is 0.327 e. The fraction of sp³-hybridized carbons (Fsp3) is 0.238. The zero-order chi connectivity index (χ0) is 20.5. The van der Waals surface area contributed by atoms with E-state index in [1.807, 2.05) is 37.3 Å². The van der Waals surface area contributed by atoms with Crippen molar-refractivity contribution in [1.82, 2.24) is 9.80 Å². The van der Waals surface area contributed by atoms with E-state index >= 15 is 0 Å². The molecule has 2 atom stereocenters. The summed E-state index contributed by atoms with van der Waals surface area (Å²) in [6.45, 7) is 1.91. The molecule has 2 unspecified atom stereocenters. The minimum atomic E-state index is -3.27. The van der Waals surface area contributed by atoms with Crippen LogP contribution in [0.5, 0.6) is 0 Å². The normalized spacial score (nSPS) is 20.2. The summed E-state index contributed by atoms with van der Waals surface area (Å²) in [5, 5.41) is 0. The Kier molecular flexibility index (Phi) is 5.38. The van der Waals surface area contributed by atoms with Crippen LogP contribution in [0, 0.1) is 0 Å². The molecule has 28 heavy (non-hydrogen) atoms. The summed E-state index contributed by atoms with van der Waals surface area (Å²) in [4.78, 5) is 28.5. The van der Waals surface area contributed by atoms with Crippen LogP contribution in [0.4, 0.5) is 4.79 Å². The van der Waals surface area contributed by atoms with Gasteiger partial charge in [0.15, 0.2) is 9.84 Å². The molecule has 1 heterocycles. The number of hydrogen-bond donors (Lipinski definition) is 0. The number of amides is 3. The van der Waals surface area contributed by atoms with Gasteiger partial charge in [-0.05, 0) is 36.3 Å². The van der Waals surface area contributed by atoms with Gasteiger partial charge < -0.3 is 4.90 Å². The summed E-state index contributed by atoms with van der Waals surface area (Å²) >= 11 is 0. The third-order valence-corrected chi connectivity index (χ3v) is 6.09. The number of hydrogen-bond acceptors (Lipinski definition) is 4. The highest BCUT2D eigenvalue weighted by molar-refractivity contribution is 7.90. The van der Waals surface area contributed by atoms with Crippen molar-refractivity contribution in [3.05, 3.63) is 71.8 Å². The zero-order valence-corrected chi connectivity index (χ0v) is 16.8. The lowest BCUT2D eigenvalue weighted by Gasteiger charge is -2.23. The average Bonchev–Trinajstić information content (AvgIpc) is 2.90. The average molecular weight is 398 g/mol. The fourth-order valence-corrected chi connectivity index (χ4v) is 3.90. The Balaban J connectivity index is 1.85. The Morgan fingerprint density at radius 2 is 1.64 bits per heavy atom. The maximum Gasteiger partial charge on any atom is 0.327 e. The molecular formula is C21H22N2O4S. The summed E-state index contributed by atoms with van der Waals surface area (Å²) in [5.41, 5.74) is 1.57. The first-order valence-electron chi connectivity index (χ1n) is 8.83. The SMILES string of the molecule is CC1C(c2ccccc2)N(C(=O)/C=C/c2ccc(S(C)(=O)=O)cc2)C(=O)N1C. The third kappa shape index (κ3) is 3.84.